The third-order valence-electron chi connectivity index (χ3n) is 5.58. The molecule has 4 aromatic carbocycles. The average molecular weight is 386 g/mol. The minimum atomic E-state index is 0.868. The Balaban J connectivity index is 1.88. The van der Waals surface area contributed by atoms with Crippen molar-refractivity contribution in [2.24, 2.45) is 0 Å². The maximum Gasteiger partial charge on any atom is 0.0790 e. The number of rotatable bonds is 4. The highest BCUT2D eigenvalue weighted by Crippen LogP contribution is 2.38. The van der Waals surface area contributed by atoms with Gasteiger partial charge in [-0.15, -0.1) is 0 Å². The van der Waals surface area contributed by atoms with Crippen molar-refractivity contribution >= 4 is 10.9 Å². The van der Waals surface area contributed by atoms with Crippen LogP contribution in [0.15, 0.2) is 109 Å². The number of benzene rings is 4. The number of aromatic nitrogens is 1. The molecule has 1 aromatic heterocycles. The summed E-state index contributed by atoms with van der Waals surface area (Å²) in [4.78, 5) is 5.17. The van der Waals surface area contributed by atoms with Crippen LogP contribution in [-0.4, -0.2) is 4.98 Å². The monoisotopic (exact) mass is 385 g/mol. The van der Waals surface area contributed by atoms with E-state index in [1.807, 2.05) is 0 Å². The predicted molar refractivity (Wildman–Crippen MR) is 127 cm³/mol. The zero-order valence-electron chi connectivity index (χ0n) is 17.0. The van der Waals surface area contributed by atoms with E-state index in [0.717, 1.165) is 23.2 Å². The van der Waals surface area contributed by atoms with Crippen LogP contribution in [0.5, 0.6) is 0 Å². The Morgan fingerprint density at radius 1 is 0.633 bits per heavy atom. The summed E-state index contributed by atoms with van der Waals surface area (Å²) >= 11 is 0. The summed E-state index contributed by atoms with van der Waals surface area (Å²) in [5, 5.41) is 1.23. The van der Waals surface area contributed by atoms with Gasteiger partial charge in [-0.25, -0.2) is 4.98 Å². The summed E-state index contributed by atoms with van der Waals surface area (Å²) in [6.45, 7) is 2.15. The molecule has 5 aromatic rings. The van der Waals surface area contributed by atoms with Gasteiger partial charge >= 0.3 is 0 Å². The van der Waals surface area contributed by atoms with Crippen LogP contribution in [0, 0.1) is 6.92 Å². The fourth-order valence-electron chi connectivity index (χ4n) is 4.15. The highest BCUT2D eigenvalue weighted by atomic mass is 14.7. The minimum absolute atomic E-state index is 0.868. The third kappa shape index (κ3) is 3.51. The van der Waals surface area contributed by atoms with Gasteiger partial charge in [0.2, 0.25) is 0 Å². The van der Waals surface area contributed by atoms with Crippen molar-refractivity contribution in [2.75, 3.05) is 0 Å². The maximum absolute atomic E-state index is 5.17. The first kappa shape index (κ1) is 18.3. The van der Waals surface area contributed by atoms with E-state index in [0.29, 0.717) is 0 Å². The second-order valence-electron chi connectivity index (χ2n) is 7.73. The van der Waals surface area contributed by atoms with Gasteiger partial charge in [-0.05, 0) is 42.2 Å². The molecule has 0 spiro atoms. The molecule has 0 bridgehead atoms. The van der Waals surface area contributed by atoms with Gasteiger partial charge in [-0.1, -0.05) is 103 Å². The summed E-state index contributed by atoms with van der Waals surface area (Å²) in [5.74, 6) is 0. The maximum atomic E-state index is 5.17. The van der Waals surface area contributed by atoms with Gasteiger partial charge in [-0.2, -0.15) is 0 Å². The number of fused-ring (bicyclic) bond motifs is 1. The number of hydrogen-bond donors (Lipinski definition) is 0. The first-order valence-corrected chi connectivity index (χ1v) is 10.4. The topological polar surface area (TPSA) is 12.9 Å². The van der Waals surface area contributed by atoms with Crippen LogP contribution in [0.3, 0.4) is 0 Å². The molecule has 30 heavy (non-hydrogen) atoms. The van der Waals surface area contributed by atoms with E-state index >= 15 is 0 Å². The van der Waals surface area contributed by atoms with Crippen LogP contribution in [0.1, 0.15) is 16.7 Å². The van der Waals surface area contributed by atoms with E-state index in [1.165, 1.54) is 33.2 Å². The molecular weight excluding hydrogens is 362 g/mol. The van der Waals surface area contributed by atoms with Crippen molar-refractivity contribution in [2.45, 2.75) is 13.3 Å². The van der Waals surface area contributed by atoms with Crippen LogP contribution in [0.25, 0.3) is 33.3 Å². The van der Waals surface area contributed by atoms with Crippen molar-refractivity contribution < 1.29 is 0 Å². The number of hydrogen-bond acceptors (Lipinski definition) is 1. The van der Waals surface area contributed by atoms with E-state index in [-0.39, 0.29) is 0 Å². The highest BCUT2D eigenvalue weighted by molar-refractivity contribution is 5.96. The van der Waals surface area contributed by atoms with Crippen LogP contribution < -0.4 is 0 Å². The van der Waals surface area contributed by atoms with Crippen molar-refractivity contribution in [3.63, 3.8) is 0 Å². The molecule has 0 aliphatic heterocycles. The number of pyridine rings is 1. The van der Waals surface area contributed by atoms with Crippen LogP contribution in [-0.2, 0) is 6.42 Å². The van der Waals surface area contributed by atoms with E-state index in [2.05, 4.69) is 116 Å². The quantitative estimate of drug-likeness (QED) is 0.313. The van der Waals surface area contributed by atoms with Gasteiger partial charge in [0.05, 0.1) is 11.2 Å². The molecule has 0 N–H and O–H groups in total. The molecule has 1 heteroatoms. The lowest BCUT2D eigenvalue weighted by atomic mass is 9.88. The standard InChI is InChI=1S/C29H23N/c1-21-17-18-27-25(19-21)26(20-22-11-5-2-6-12-22)28(23-13-7-3-8-14-23)29(30-27)24-15-9-4-10-16-24/h2-19H,20H2,1H3. The first-order chi connectivity index (χ1) is 14.8. The zero-order valence-corrected chi connectivity index (χ0v) is 17.0. The average Bonchev–Trinajstić information content (AvgIpc) is 2.81. The molecule has 0 atom stereocenters. The van der Waals surface area contributed by atoms with Crippen LogP contribution in [0.2, 0.25) is 0 Å². The molecule has 0 saturated carbocycles. The normalized spacial score (nSPS) is 11.0. The molecule has 0 aliphatic rings. The summed E-state index contributed by atoms with van der Waals surface area (Å²) in [6.07, 6.45) is 0.868. The Morgan fingerprint density at radius 2 is 1.23 bits per heavy atom. The lowest BCUT2D eigenvalue weighted by Crippen LogP contribution is -2.00. The van der Waals surface area contributed by atoms with Crippen molar-refractivity contribution in [3.8, 4) is 22.4 Å². The second kappa shape index (κ2) is 7.96. The van der Waals surface area contributed by atoms with E-state index in [9.17, 15) is 0 Å². The number of nitrogens with zero attached hydrogens (tertiary/aromatic N) is 1. The molecule has 1 heterocycles. The molecule has 1 nitrogen and oxygen atoms in total. The SMILES string of the molecule is Cc1ccc2nc(-c3ccccc3)c(-c3ccccc3)c(Cc3ccccc3)c2c1. The summed E-state index contributed by atoms with van der Waals surface area (Å²) in [5.41, 5.74) is 9.57. The molecule has 0 unspecified atom stereocenters. The van der Waals surface area contributed by atoms with Crippen molar-refractivity contribution in [3.05, 3.63) is 126 Å². The summed E-state index contributed by atoms with van der Waals surface area (Å²) < 4.78 is 0. The molecule has 5 rings (SSSR count). The van der Waals surface area contributed by atoms with Gasteiger partial charge in [0, 0.05) is 16.5 Å². The van der Waals surface area contributed by atoms with Crippen molar-refractivity contribution in [1.82, 2.24) is 4.98 Å². The van der Waals surface area contributed by atoms with Gasteiger partial charge in [-0.3, -0.25) is 0 Å². The Morgan fingerprint density at radius 3 is 1.90 bits per heavy atom. The summed E-state index contributed by atoms with van der Waals surface area (Å²) in [7, 11) is 0. The summed E-state index contributed by atoms with van der Waals surface area (Å²) in [6, 6.07) is 38.5. The molecule has 0 radical (unpaired) electrons. The number of aryl methyl sites for hydroxylation is 1. The lowest BCUT2D eigenvalue weighted by molar-refractivity contribution is 1.20. The smallest absolute Gasteiger partial charge is 0.0790 e. The first-order valence-electron chi connectivity index (χ1n) is 10.4. The fourth-order valence-corrected chi connectivity index (χ4v) is 4.15. The van der Waals surface area contributed by atoms with Gasteiger partial charge in [0.15, 0.2) is 0 Å². The molecule has 0 amide bonds. The van der Waals surface area contributed by atoms with Gasteiger partial charge in [0.25, 0.3) is 0 Å². The Hall–Kier alpha value is -3.71. The minimum Gasteiger partial charge on any atom is -0.247 e. The van der Waals surface area contributed by atoms with E-state index in [1.54, 1.807) is 0 Å². The molecule has 0 saturated heterocycles. The Kier molecular flexibility index (Phi) is 4.86. The Labute approximate surface area is 177 Å². The van der Waals surface area contributed by atoms with Crippen molar-refractivity contribution in [1.29, 1.82) is 0 Å². The molecule has 144 valence electrons. The second-order valence-corrected chi connectivity index (χ2v) is 7.73. The zero-order chi connectivity index (χ0) is 20.3. The molecule has 0 fully saturated rings. The Bertz CT molecular complexity index is 1290. The molecular formula is C29H23N. The largest absolute Gasteiger partial charge is 0.247 e. The van der Waals surface area contributed by atoms with Gasteiger partial charge in [0.1, 0.15) is 0 Å². The van der Waals surface area contributed by atoms with E-state index < -0.39 is 0 Å². The molecule has 0 aliphatic carbocycles. The van der Waals surface area contributed by atoms with Crippen LogP contribution in [0.4, 0.5) is 0 Å². The van der Waals surface area contributed by atoms with E-state index in [4.69, 9.17) is 4.98 Å². The lowest BCUT2D eigenvalue weighted by Gasteiger charge is -2.19. The predicted octanol–water partition coefficient (Wildman–Crippen LogP) is 7.47. The fraction of sp³-hybridized carbons (Fsp3) is 0.0690. The van der Waals surface area contributed by atoms with Crippen LogP contribution >= 0.6 is 0 Å². The highest BCUT2D eigenvalue weighted by Gasteiger charge is 2.18. The third-order valence-corrected chi connectivity index (χ3v) is 5.58. The van der Waals surface area contributed by atoms with Gasteiger partial charge < -0.3 is 0 Å².